The molecule has 1 aromatic carbocycles. The molecule has 0 bridgehead atoms. The summed E-state index contributed by atoms with van der Waals surface area (Å²) in [5, 5.41) is 8.04. The number of hydrogen-bond acceptors (Lipinski definition) is 5. The molecule has 1 fully saturated rings. The zero-order valence-corrected chi connectivity index (χ0v) is 13.0. The maximum Gasteiger partial charge on any atom is 0.313 e. The van der Waals surface area contributed by atoms with Crippen molar-refractivity contribution in [2.75, 3.05) is 17.3 Å². The second-order valence-corrected chi connectivity index (χ2v) is 6.00. The van der Waals surface area contributed by atoms with Gasteiger partial charge in [-0.2, -0.15) is 0 Å². The Morgan fingerprint density at radius 1 is 1.36 bits per heavy atom. The van der Waals surface area contributed by atoms with E-state index in [9.17, 15) is 14.4 Å². The number of anilines is 1. The first-order valence-corrected chi connectivity index (χ1v) is 8.01. The normalized spacial score (nSPS) is 17.9. The molecular formula is C15H17NO5S. The van der Waals surface area contributed by atoms with Gasteiger partial charge >= 0.3 is 5.97 Å². The van der Waals surface area contributed by atoms with Gasteiger partial charge in [0.05, 0.1) is 23.3 Å². The molecule has 1 atom stereocenters. The summed E-state index contributed by atoms with van der Waals surface area (Å²) < 4.78 is 5.45. The molecular weight excluding hydrogens is 306 g/mol. The number of nitrogens with zero attached hydrogens (tertiary/aromatic N) is 1. The number of amides is 2. The summed E-state index contributed by atoms with van der Waals surface area (Å²) in [5.74, 6) is -1.18. The smallest absolute Gasteiger partial charge is 0.313 e. The Hall–Kier alpha value is -2.02. The van der Waals surface area contributed by atoms with Crippen molar-refractivity contribution in [2.24, 2.45) is 0 Å². The first-order chi connectivity index (χ1) is 10.5. The molecule has 7 heteroatoms. The Kier molecular flexibility index (Phi) is 5.43. The van der Waals surface area contributed by atoms with Gasteiger partial charge in [-0.1, -0.05) is 6.92 Å². The van der Waals surface area contributed by atoms with Gasteiger partial charge in [0.15, 0.2) is 0 Å². The number of rotatable bonds is 7. The first-order valence-electron chi connectivity index (χ1n) is 6.96. The van der Waals surface area contributed by atoms with Crippen LogP contribution in [0.5, 0.6) is 5.75 Å². The van der Waals surface area contributed by atoms with Crippen LogP contribution in [0.15, 0.2) is 24.3 Å². The summed E-state index contributed by atoms with van der Waals surface area (Å²) >= 11 is 0.980. The number of hydrogen-bond donors (Lipinski definition) is 1. The van der Waals surface area contributed by atoms with Crippen molar-refractivity contribution >= 4 is 35.2 Å². The zero-order chi connectivity index (χ0) is 16.1. The Morgan fingerprint density at radius 2 is 2.05 bits per heavy atom. The summed E-state index contributed by atoms with van der Waals surface area (Å²) in [6.45, 7) is 2.61. The second-order valence-electron chi connectivity index (χ2n) is 4.81. The highest BCUT2D eigenvalue weighted by molar-refractivity contribution is 8.01. The van der Waals surface area contributed by atoms with E-state index in [2.05, 4.69) is 0 Å². The third kappa shape index (κ3) is 3.79. The highest BCUT2D eigenvalue weighted by atomic mass is 32.2. The molecule has 2 rings (SSSR count). The van der Waals surface area contributed by atoms with Crippen LogP contribution in [0.4, 0.5) is 5.69 Å². The summed E-state index contributed by atoms with van der Waals surface area (Å²) in [6.07, 6.45) is 0.929. The Labute approximate surface area is 132 Å². The van der Waals surface area contributed by atoms with Gasteiger partial charge in [0.1, 0.15) is 5.75 Å². The van der Waals surface area contributed by atoms with Crippen molar-refractivity contribution in [2.45, 2.75) is 25.0 Å². The standard InChI is InChI=1S/C15H17NO5S/c1-2-7-21-11-5-3-10(4-6-11)16-13(17)8-12(15(16)20)22-9-14(18)19/h3-6,12H,2,7-9H2,1H3,(H,18,19)/t12-/m0/s1. The van der Waals surface area contributed by atoms with Crippen LogP contribution in [-0.4, -0.2) is 40.5 Å². The fraction of sp³-hybridized carbons (Fsp3) is 0.400. The molecule has 0 spiro atoms. The van der Waals surface area contributed by atoms with Crippen LogP contribution in [0.2, 0.25) is 0 Å². The van der Waals surface area contributed by atoms with Gasteiger partial charge in [-0.3, -0.25) is 14.4 Å². The van der Waals surface area contributed by atoms with E-state index in [1.165, 1.54) is 0 Å². The van der Waals surface area contributed by atoms with E-state index in [1.54, 1.807) is 24.3 Å². The van der Waals surface area contributed by atoms with E-state index in [1.807, 2.05) is 6.92 Å². The molecule has 1 N–H and O–H groups in total. The van der Waals surface area contributed by atoms with Gasteiger partial charge in [-0.05, 0) is 30.7 Å². The monoisotopic (exact) mass is 323 g/mol. The van der Waals surface area contributed by atoms with Crippen LogP contribution in [-0.2, 0) is 14.4 Å². The number of carbonyl (C=O) groups is 3. The second kappa shape index (κ2) is 7.31. The zero-order valence-electron chi connectivity index (χ0n) is 12.2. The Balaban J connectivity index is 2.06. The van der Waals surface area contributed by atoms with Crippen molar-refractivity contribution in [1.82, 2.24) is 0 Å². The number of carbonyl (C=O) groups excluding carboxylic acids is 2. The van der Waals surface area contributed by atoms with Crippen molar-refractivity contribution in [3.8, 4) is 5.75 Å². The molecule has 0 radical (unpaired) electrons. The SMILES string of the molecule is CCCOc1ccc(N2C(=O)C[C@H](SCC(=O)O)C2=O)cc1. The van der Waals surface area contributed by atoms with E-state index in [0.717, 1.165) is 23.1 Å². The van der Waals surface area contributed by atoms with E-state index >= 15 is 0 Å². The number of thioether (sulfide) groups is 1. The minimum atomic E-state index is -0.999. The number of benzene rings is 1. The predicted molar refractivity (Wildman–Crippen MR) is 83.2 cm³/mol. The van der Waals surface area contributed by atoms with E-state index in [4.69, 9.17) is 9.84 Å². The Morgan fingerprint density at radius 3 is 2.64 bits per heavy atom. The minimum absolute atomic E-state index is 0.0326. The van der Waals surface area contributed by atoms with Crippen LogP contribution in [0.25, 0.3) is 0 Å². The van der Waals surface area contributed by atoms with Gasteiger partial charge < -0.3 is 9.84 Å². The molecule has 2 amide bonds. The lowest BCUT2D eigenvalue weighted by molar-refractivity contribution is -0.134. The van der Waals surface area contributed by atoms with E-state index < -0.39 is 11.2 Å². The van der Waals surface area contributed by atoms with Gasteiger partial charge in [0, 0.05) is 6.42 Å². The number of carboxylic acids is 1. The van der Waals surface area contributed by atoms with Crippen molar-refractivity contribution in [1.29, 1.82) is 0 Å². The minimum Gasteiger partial charge on any atom is -0.494 e. The molecule has 0 unspecified atom stereocenters. The highest BCUT2D eigenvalue weighted by Crippen LogP contribution is 2.30. The summed E-state index contributed by atoms with van der Waals surface area (Å²) in [7, 11) is 0. The summed E-state index contributed by atoms with van der Waals surface area (Å²) in [6, 6.07) is 6.74. The molecule has 118 valence electrons. The quantitative estimate of drug-likeness (QED) is 0.772. The van der Waals surface area contributed by atoms with Crippen LogP contribution in [0, 0.1) is 0 Å². The van der Waals surface area contributed by atoms with Gasteiger partial charge in [-0.25, -0.2) is 4.90 Å². The molecule has 1 aromatic rings. The topological polar surface area (TPSA) is 83.9 Å². The van der Waals surface area contributed by atoms with Crippen LogP contribution < -0.4 is 9.64 Å². The maximum absolute atomic E-state index is 12.2. The first kappa shape index (κ1) is 16.4. The molecule has 0 saturated carbocycles. The maximum atomic E-state index is 12.2. The summed E-state index contributed by atoms with van der Waals surface area (Å²) in [5.41, 5.74) is 0.484. The molecule has 1 heterocycles. The molecule has 1 saturated heterocycles. The molecule has 1 aliphatic rings. The van der Waals surface area contributed by atoms with Gasteiger partial charge in [0.2, 0.25) is 11.8 Å². The number of aliphatic carboxylic acids is 1. The Bertz CT molecular complexity index is 572. The predicted octanol–water partition coefficient (Wildman–Crippen LogP) is 1.93. The number of carboxylic acid groups (broad SMARTS) is 1. The van der Waals surface area contributed by atoms with Crippen molar-refractivity contribution in [3.63, 3.8) is 0 Å². The molecule has 1 aliphatic heterocycles. The van der Waals surface area contributed by atoms with Crippen LogP contribution >= 0.6 is 11.8 Å². The average molecular weight is 323 g/mol. The largest absolute Gasteiger partial charge is 0.494 e. The van der Waals surface area contributed by atoms with Gasteiger partial charge in [-0.15, -0.1) is 11.8 Å². The lowest BCUT2D eigenvalue weighted by Gasteiger charge is -2.15. The van der Waals surface area contributed by atoms with Crippen LogP contribution in [0.3, 0.4) is 0 Å². The van der Waals surface area contributed by atoms with Crippen molar-refractivity contribution < 1.29 is 24.2 Å². The molecule has 0 aromatic heterocycles. The molecule has 6 nitrogen and oxygen atoms in total. The lowest BCUT2D eigenvalue weighted by atomic mass is 10.3. The molecule has 0 aliphatic carbocycles. The molecule has 22 heavy (non-hydrogen) atoms. The van der Waals surface area contributed by atoms with Crippen LogP contribution in [0.1, 0.15) is 19.8 Å². The number of ether oxygens (including phenoxy) is 1. The van der Waals surface area contributed by atoms with Crippen molar-refractivity contribution in [3.05, 3.63) is 24.3 Å². The third-order valence-corrected chi connectivity index (χ3v) is 4.27. The summed E-state index contributed by atoms with van der Waals surface area (Å²) in [4.78, 5) is 35.9. The fourth-order valence-electron chi connectivity index (χ4n) is 2.09. The average Bonchev–Trinajstić information content (AvgIpc) is 2.78. The highest BCUT2D eigenvalue weighted by Gasteiger charge is 2.40. The van der Waals surface area contributed by atoms with E-state index in [0.29, 0.717) is 18.0 Å². The van der Waals surface area contributed by atoms with E-state index in [-0.39, 0.29) is 24.0 Å². The van der Waals surface area contributed by atoms with Gasteiger partial charge in [0.25, 0.3) is 0 Å². The fourth-order valence-corrected chi connectivity index (χ4v) is 2.94. The number of imide groups is 1. The lowest BCUT2D eigenvalue weighted by Crippen LogP contribution is -2.31. The third-order valence-electron chi connectivity index (χ3n) is 3.08.